The fourth-order valence-electron chi connectivity index (χ4n) is 2.30. The van der Waals surface area contributed by atoms with Gasteiger partial charge in [-0.1, -0.05) is 11.6 Å². The fraction of sp³-hybridized carbons (Fsp3) is 0.267. The number of benzene rings is 1. The number of hydrogen-bond acceptors (Lipinski definition) is 5. The van der Waals surface area contributed by atoms with Crippen LogP contribution in [0, 0.1) is 0 Å². The Bertz CT molecular complexity index is 808. The van der Waals surface area contributed by atoms with Crippen LogP contribution >= 0.6 is 22.9 Å². The van der Waals surface area contributed by atoms with Gasteiger partial charge in [0, 0.05) is 23.5 Å². The van der Waals surface area contributed by atoms with Gasteiger partial charge < -0.3 is 4.74 Å². The number of carbonyl (C=O) groups is 1. The van der Waals surface area contributed by atoms with Gasteiger partial charge in [-0.2, -0.15) is 4.31 Å². The summed E-state index contributed by atoms with van der Waals surface area (Å²) < 4.78 is 31.5. The quantitative estimate of drug-likeness (QED) is 0.610. The lowest BCUT2D eigenvalue weighted by atomic mass is 10.3. The van der Waals surface area contributed by atoms with E-state index in [0.717, 1.165) is 24.2 Å². The summed E-state index contributed by atoms with van der Waals surface area (Å²) in [6.07, 6.45) is 1.74. The molecule has 0 atom stereocenters. The molecule has 1 aliphatic rings. The van der Waals surface area contributed by atoms with Gasteiger partial charge in [-0.3, -0.25) is 0 Å². The van der Waals surface area contributed by atoms with E-state index in [0.29, 0.717) is 23.9 Å². The van der Waals surface area contributed by atoms with E-state index >= 15 is 0 Å². The van der Waals surface area contributed by atoms with E-state index in [1.165, 1.54) is 15.8 Å². The normalized spacial score (nSPS) is 15.7. The van der Waals surface area contributed by atoms with Crippen molar-refractivity contribution in [2.75, 3.05) is 13.1 Å². The second kappa shape index (κ2) is 6.60. The van der Waals surface area contributed by atoms with Crippen molar-refractivity contribution in [3.05, 3.63) is 45.6 Å². The minimum Gasteiger partial charge on any atom is -0.422 e. The van der Waals surface area contributed by atoms with E-state index in [2.05, 4.69) is 0 Å². The molecule has 0 saturated carbocycles. The molecule has 8 heteroatoms. The summed E-state index contributed by atoms with van der Waals surface area (Å²) in [5.41, 5.74) is 0. The number of halogens is 1. The molecule has 0 aliphatic carbocycles. The molecule has 0 bridgehead atoms. The summed E-state index contributed by atoms with van der Waals surface area (Å²) >= 11 is 6.83. The molecule has 0 N–H and O–H groups in total. The molecular formula is C15H14ClNO4S2. The molecule has 23 heavy (non-hydrogen) atoms. The fourth-order valence-corrected chi connectivity index (χ4v) is 5.08. The zero-order valence-corrected chi connectivity index (χ0v) is 14.5. The average molecular weight is 372 g/mol. The molecule has 1 aliphatic heterocycles. The van der Waals surface area contributed by atoms with Crippen LogP contribution < -0.4 is 4.74 Å². The Hall–Kier alpha value is -1.41. The summed E-state index contributed by atoms with van der Waals surface area (Å²) in [5.74, 6) is -0.225. The zero-order valence-electron chi connectivity index (χ0n) is 12.1. The van der Waals surface area contributed by atoms with Crippen molar-refractivity contribution in [1.82, 2.24) is 4.31 Å². The largest absolute Gasteiger partial charge is 0.422 e. The number of nitrogens with zero attached hydrogens (tertiary/aromatic N) is 1. The van der Waals surface area contributed by atoms with Gasteiger partial charge in [-0.05, 0) is 43.2 Å². The molecule has 122 valence electrons. The van der Waals surface area contributed by atoms with Crippen LogP contribution in [0.15, 0.2) is 40.6 Å². The van der Waals surface area contributed by atoms with E-state index in [1.54, 1.807) is 24.3 Å². The standard InChI is InChI=1S/C15H14ClNO4S2/c16-11-3-5-12(6-4-11)21-15(18)14-9-13(10-22-14)23(19,20)17-7-1-2-8-17/h3-6,9-10H,1-2,7-8H2. The third kappa shape index (κ3) is 3.58. The second-order valence-corrected chi connectivity index (χ2v) is 8.39. The minimum atomic E-state index is -3.51. The number of ether oxygens (including phenoxy) is 1. The summed E-state index contributed by atoms with van der Waals surface area (Å²) in [6.45, 7) is 1.06. The summed E-state index contributed by atoms with van der Waals surface area (Å²) in [7, 11) is -3.51. The summed E-state index contributed by atoms with van der Waals surface area (Å²) in [6, 6.07) is 7.76. The van der Waals surface area contributed by atoms with Crippen LogP contribution in [0.4, 0.5) is 0 Å². The highest BCUT2D eigenvalue weighted by Crippen LogP contribution is 2.26. The van der Waals surface area contributed by atoms with Crippen LogP contribution in [0.5, 0.6) is 5.75 Å². The maximum absolute atomic E-state index is 12.4. The van der Waals surface area contributed by atoms with Crippen molar-refractivity contribution >= 4 is 38.9 Å². The van der Waals surface area contributed by atoms with Gasteiger partial charge >= 0.3 is 5.97 Å². The van der Waals surface area contributed by atoms with E-state index in [-0.39, 0.29) is 9.77 Å². The van der Waals surface area contributed by atoms with E-state index < -0.39 is 16.0 Å². The highest BCUT2D eigenvalue weighted by atomic mass is 35.5. The monoisotopic (exact) mass is 371 g/mol. The summed E-state index contributed by atoms with van der Waals surface area (Å²) in [5, 5.41) is 2.02. The lowest BCUT2D eigenvalue weighted by Crippen LogP contribution is -2.27. The maximum atomic E-state index is 12.4. The van der Waals surface area contributed by atoms with Gasteiger partial charge in [0.15, 0.2) is 0 Å². The first-order chi connectivity index (χ1) is 11.0. The summed E-state index contributed by atoms with van der Waals surface area (Å²) in [4.78, 5) is 12.5. The minimum absolute atomic E-state index is 0.146. The second-order valence-electron chi connectivity index (χ2n) is 5.10. The number of hydrogen-bond donors (Lipinski definition) is 0. The third-order valence-corrected chi connectivity index (χ3v) is 6.69. The predicted octanol–water partition coefficient (Wildman–Crippen LogP) is 3.41. The molecule has 1 aromatic carbocycles. The van der Waals surface area contributed by atoms with Crippen LogP contribution in [-0.2, 0) is 10.0 Å². The molecule has 0 spiro atoms. The first-order valence-electron chi connectivity index (χ1n) is 7.03. The molecule has 0 unspecified atom stereocenters. The Morgan fingerprint density at radius 3 is 2.48 bits per heavy atom. The molecule has 1 aromatic heterocycles. The lowest BCUT2D eigenvalue weighted by molar-refractivity contribution is 0.0739. The van der Waals surface area contributed by atoms with Crippen molar-refractivity contribution in [1.29, 1.82) is 0 Å². The number of carbonyl (C=O) groups excluding carboxylic acids is 1. The molecule has 1 saturated heterocycles. The number of esters is 1. The molecule has 0 radical (unpaired) electrons. The maximum Gasteiger partial charge on any atom is 0.353 e. The average Bonchev–Trinajstić information content (AvgIpc) is 3.21. The van der Waals surface area contributed by atoms with Gasteiger partial charge in [0.05, 0.1) is 4.90 Å². The number of thiophene rings is 1. The highest BCUT2D eigenvalue weighted by Gasteiger charge is 2.29. The Morgan fingerprint density at radius 1 is 1.17 bits per heavy atom. The smallest absolute Gasteiger partial charge is 0.353 e. The SMILES string of the molecule is O=C(Oc1ccc(Cl)cc1)c1cc(S(=O)(=O)N2CCCC2)cs1. The van der Waals surface area contributed by atoms with Crippen molar-refractivity contribution in [3.8, 4) is 5.75 Å². The van der Waals surface area contributed by atoms with Crippen LogP contribution in [0.3, 0.4) is 0 Å². The van der Waals surface area contributed by atoms with Gasteiger partial charge in [-0.25, -0.2) is 13.2 Å². The Kier molecular flexibility index (Phi) is 4.72. The van der Waals surface area contributed by atoms with Gasteiger partial charge in [0.2, 0.25) is 10.0 Å². The third-order valence-electron chi connectivity index (χ3n) is 3.50. The highest BCUT2D eigenvalue weighted by molar-refractivity contribution is 7.89. The molecular weight excluding hydrogens is 358 g/mol. The van der Waals surface area contributed by atoms with E-state index in [9.17, 15) is 13.2 Å². The van der Waals surface area contributed by atoms with Crippen LogP contribution in [0.1, 0.15) is 22.5 Å². The van der Waals surface area contributed by atoms with Crippen LogP contribution in [-0.4, -0.2) is 31.8 Å². The van der Waals surface area contributed by atoms with Crippen molar-refractivity contribution < 1.29 is 17.9 Å². The van der Waals surface area contributed by atoms with E-state index in [4.69, 9.17) is 16.3 Å². The van der Waals surface area contributed by atoms with Gasteiger partial charge in [-0.15, -0.1) is 11.3 Å². The van der Waals surface area contributed by atoms with Gasteiger partial charge in [0.1, 0.15) is 10.6 Å². The van der Waals surface area contributed by atoms with Gasteiger partial charge in [0.25, 0.3) is 0 Å². The first-order valence-corrected chi connectivity index (χ1v) is 9.73. The Morgan fingerprint density at radius 2 is 1.83 bits per heavy atom. The molecule has 2 aromatic rings. The number of rotatable bonds is 4. The van der Waals surface area contributed by atoms with Crippen molar-refractivity contribution in [3.63, 3.8) is 0 Å². The lowest BCUT2D eigenvalue weighted by Gasteiger charge is -2.13. The Labute approximate surface area is 143 Å². The topological polar surface area (TPSA) is 63.7 Å². The molecule has 0 amide bonds. The molecule has 3 rings (SSSR count). The van der Waals surface area contributed by atoms with Crippen molar-refractivity contribution in [2.45, 2.75) is 17.7 Å². The van der Waals surface area contributed by atoms with E-state index in [1.807, 2.05) is 0 Å². The van der Waals surface area contributed by atoms with Crippen LogP contribution in [0.2, 0.25) is 5.02 Å². The first kappa shape index (κ1) is 16.4. The Balaban J connectivity index is 1.76. The van der Waals surface area contributed by atoms with Crippen LogP contribution in [0.25, 0.3) is 0 Å². The molecule has 5 nitrogen and oxygen atoms in total. The molecule has 1 fully saturated rings. The number of sulfonamides is 1. The molecule has 2 heterocycles. The zero-order chi connectivity index (χ0) is 16.4. The van der Waals surface area contributed by atoms with Crippen molar-refractivity contribution in [2.24, 2.45) is 0 Å². The predicted molar refractivity (Wildman–Crippen MR) is 88.7 cm³/mol.